The third-order valence-electron chi connectivity index (χ3n) is 7.40. The summed E-state index contributed by atoms with van der Waals surface area (Å²) in [5.41, 5.74) is -0.640. The molecule has 14 nitrogen and oxygen atoms in total. The van der Waals surface area contributed by atoms with Gasteiger partial charge in [0.05, 0.1) is 0 Å². The third kappa shape index (κ3) is 9.34. The molecule has 0 atom stereocenters. The van der Waals surface area contributed by atoms with Crippen LogP contribution in [-0.4, -0.2) is 180 Å². The van der Waals surface area contributed by atoms with E-state index in [1.807, 2.05) is 127 Å². The SMILES string of the molecule is CN(C)P(=NP(C=O)(N=P(N(C)C)(N(C)C)N(C)C)(N=P(N(C)C)(N(C)C)N(C)C)NC(C)(C)CC(C)(C)C)(N(C)C)N(C)C. The zero-order valence-corrected chi connectivity index (χ0v) is 36.9. The van der Waals surface area contributed by atoms with Crippen LogP contribution >= 0.6 is 29.7 Å². The summed E-state index contributed by atoms with van der Waals surface area (Å²) in [5, 5.41) is 3.99. The molecule has 0 aromatic heterocycles. The first-order valence-electron chi connectivity index (χ1n) is 15.2. The molecule has 1 N–H and O–H groups in total. The molecule has 0 fully saturated rings. The van der Waals surface area contributed by atoms with Gasteiger partial charge in [0.15, 0.2) is 0 Å². The second kappa shape index (κ2) is 15.5. The first-order valence-corrected chi connectivity index (χ1v) is 22.2. The molecule has 18 heteroatoms. The number of rotatable bonds is 16. The van der Waals surface area contributed by atoms with Crippen LogP contribution in [-0.2, 0) is 4.79 Å². The predicted molar refractivity (Wildman–Crippen MR) is 206 cm³/mol. The molecule has 0 amide bonds. The molecule has 0 spiro atoms. The van der Waals surface area contributed by atoms with Crippen LogP contribution in [0.25, 0.3) is 0 Å². The molecule has 0 rings (SSSR count). The van der Waals surface area contributed by atoms with Crippen molar-refractivity contribution >= 4 is 35.8 Å². The van der Waals surface area contributed by atoms with Crippen LogP contribution in [0.1, 0.15) is 41.0 Å². The average molecular weight is 720 g/mol. The Balaban J connectivity index is 10.0. The Labute approximate surface area is 279 Å². The van der Waals surface area contributed by atoms with Crippen LogP contribution in [0.2, 0.25) is 0 Å². The van der Waals surface area contributed by atoms with Crippen LogP contribution in [0.15, 0.2) is 13.5 Å². The normalized spacial score (nSPS) is 15.8. The Morgan fingerprint density at radius 1 is 0.489 bits per heavy atom. The molecular weight excluding hydrogens is 646 g/mol. The maximum atomic E-state index is 14.8. The van der Waals surface area contributed by atoms with Crippen molar-refractivity contribution in [2.24, 2.45) is 19.0 Å². The van der Waals surface area contributed by atoms with Crippen molar-refractivity contribution in [3.8, 4) is 0 Å². The van der Waals surface area contributed by atoms with Gasteiger partial charge >= 0.3 is 280 Å². The number of hydrogen-bond donors (Lipinski definition) is 1. The monoisotopic (exact) mass is 720 g/mol. The summed E-state index contributed by atoms with van der Waals surface area (Å²) < 4.78 is 37.2. The third-order valence-corrected chi connectivity index (χ3v) is 25.6. The molecule has 0 aliphatic heterocycles. The maximum absolute atomic E-state index is 14.8. The van der Waals surface area contributed by atoms with Gasteiger partial charge in [0.2, 0.25) is 0 Å². The molecule has 0 unspecified atom stereocenters. The molecule has 0 aromatic rings. The minimum absolute atomic E-state index is 0.0516. The Kier molecular flexibility index (Phi) is 15.7. The molecule has 0 saturated carbocycles. The Bertz CT molecular complexity index is 974. The molecule has 272 valence electrons. The summed E-state index contributed by atoms with van der Waals surface area (Å²) >= 11 is 0. The van der Waals surface area contributed by atoms with Gasteiger partial charge in [-0.2, -0.15) is 0 Å². The zero-order chi connectivity index (χ0) is 36.4. The molecular formula is C27H73N13OP4. The molecule has 0 bridgehead atoms. The first kappa shape index (κ1) is 45.4. The number of nitrogens with one attached hydrogen (secondary N) is 1. The summed E-state index contributed by atoms with van der Waals surface area (Å²) in [6.07, 6.45) is 0.762. The van der Waals surface area contributed by atoms with Crippen molar-refractivity contribution in [2.75, 3.05) is 127 Å². The summed E-state index contributed by atoms with van der Waals surface area (Å²) in [5.74, 6) is 0. The van der Waals surface area contributed by atoms with Crippen molar-refractivity contribution in [3.63, 3.8) is 0 Å². The Morgan fingerprint density at radius 3 is 0.822 bits per heavy atom. The fourth-order valence-electron chi connectivity index (χ4n) is 6.81. The van der Waals surface area contributed by atoms with E-state index in [1.54, 1.807) is 0 Å². The quantitative estimate of drug-likeness (QED) is 0.149. The molecule has 0 aliphatic carbocycles. The van der Waals surface area contributed by atoms with Gasteiger partial charge in [-0.15, -0.1) is 0 Å². The molecule has 0 aliphatic rings. The molecule has 0 heterocycles. The standard InChI is InChI=1S/C27H73N13OP4/c1-26(2,3)24-27(4,5)28-45(25-41,29-42(32(6)7,33(8)9)34(10)11,30-43(35(12)13,36(14)15)37(16)17)31-44(38(18)19,39(20)21)40(22)23/h25,28H,24H2,1-23H3. The number of carbonyl (C=O) groups excluding carboxylic acids is 1. The van der Waals surface area contributed by atoms with E-state index >= 15 is 0 Å². The van der Waals surface area contributed by atoms with Crippen LogP contribution in [0, 0.1) is 5.41 Å². The Hall–Kier alpha value is 0.390. The summed E-state index contributed by atoms with van der Waals surface area (Å²) in [4.78, 5) is 14.8. The van der Waals surface area contributed by atoms with E-state index in [-0.39, 0.29) is 5.41 Å². The van der Waals surface area contributed by atoms with Crippen molar-refractivity contribution in [3.05, 3.63) is 0 Å². The van der Waals surface area contributed by atoms with Gasteiger partial charge in [0, 0.05) is 0 Å². The van der Waals surface area contributed by atoms with E-state index in [9.17, 15) is 4.79 Å². The summed E-state index contributed by atoms with van der Waals surface area (Å²) in [6, 6.07) is 1.01. The van der Waals surface area contributed by atoms with Gasteiger partial charge < -0.3 is 0 Å². The van der Waals surface area contributed by atoms with Crippen LogP contribution < -0.4 is 5.09 Å². The zero-order valence-electron chi connectivity index (χ0n) is 33.3. The van der Waals surface area contributed by atoms with Crippen molar-refractivity contribution in [2.45, 2.75) is 46.6 Å². The van der Waals surface area contributed by atoms with Gasteiger partial charge in [-0.25, -0.2) is 0 Å². The van der Waals surface area contributed by atoms with E-state index in [0.717, 1.165) is 12.4 Å². The van der Waals surface area contributed by atoms with Crippen molar-refractivity contribution in [1.82, 2.24) is 47.1 Å². The molecule has 0 saturated heterocycles. The Morgan fingerprint density at radius 2 is 0.689 bits per heavy atom. The van der Waals surface area contributed by atoms with E-state index < -0.39 is 35.3 Å². The first-order chi connectivity index (χ1) is 19.9. The molecule has 0 radical (unpaired) electrons. The van der Waals surface area contributed by atoms with Gasteiger partial charge in [-0.3, -0.25) is 0 Å². The second-order valence-corrected chi connectivity index (χ2v) is 30.5. The topological polar surface area (TPSA) is 95.3 Å². The van der Waals surface area contributed by atoms with Crippen LogP contribution in [0.4, 0.5) is 0 Å². The molecule has 0 aromatic carbocycles. The van der Waals surface area contributed by atoms with Crippen LogP contribution in [0.3, 0.4) is 0 Å². The minimum atomic E-state index is -4.85. The van der Waals surface area contributed by atoms with Gasteiger partial charge in [-0.05, 0) is 0 Å². The van der Waals surface area contributed by atoms with E-state index in [0.29, 0.717) is 0 Å². The number of carbonyl (C=O) groups is 1. The summed E-state index contributed by atoms with van der Waals surface area (Å²) in [7, 11) is 23.4. The van der Waals surface area contributed by atoms with Crippen LogP contribution in [0.5, 0.6) is 0 Å². The van der Waals surface area contributed by atoms with E-state index in [1.165, 1.54) is 0 Å². The fraction of sp³-hybridized carbons (Fsp3) is 0.963. The fourth-order valence-corrected chi connectivity index (χ4v) is 28.4. The van der Waals surface area contributed by atoms with Gasteiger partial charge in [0.25, 0.3) is 0 Å². The average Bonchev–Trinajstić information content (AvgIpc) is 2.81. The van der Waals surface area contributed by atoms with Gasteiger partial charge in [-0.1, -0.05) is 0 Å². The van der Waals surface area contributed by atoms with E-state index in [2.05, 4.69) is 81.7 Å². The number of hydrogen-bond acceptors (Lipinski definition) is 5. The van der Waals surface area contributed by atoms with Gasteiger partial charge in [0.1, 0.15) is 0 Å². The van der Waals surface area contributed by atoms with Crippen molar-refractivity contribution < 1.29 is 4.79 Å². The van der Waals surface area contributed by atoms with Crippen molar-refractivity contribution in [1.29, 1.82) is 0 Å². The second-order valence-electron chi connectivity index (χ2n) is 15.4. The van der Waals surface area contributed by atoms with E-state index in [4.69, 9.17) is 13.5 Å². The molecule has 45 heavy (non-hydrogen) atoms. The number of nitrogens with zero attached hydrogens (tertiary/aromatic N) is 12. The predicted octanol–water partition coefficient (Wildman–Crippen LogP) is 6.09. The summed E-state index contributed by atoms with van der Waals surface area (Å²) in [6.45, 7) is 11.0.